The molecule has 4 heterocycles. The minimum atomic E-state index is -0.100. The average molecular weight is 398 g/mol. The van der Waals surface area contributed by atoms with Gasteiger partial charge in [-0.05, 0) is 56.0 Å². The average Bonchev–Trinajstić information content (AvgIpc) is 3.58. The van der Waals surface area contributed by atoms with Crippen LogP contribution in [0.5, 0.6) is 0 Å². The number of nitrogens with zero attached hydrogens (tertiary/aromatic N) is 5. The molecule has 150 valence electrons. The highest BCUT2D eigenvalue weighted by atomic mass is 16.1. The Kier molecular flexibility index (Phi) is 4.71. The summed E-state index contributed by atoms with van der Waals surface area (Å²) < 4.78 is 1.74. The Hall–Kier alpha value is -3.61. The fourth-order valence-electron chi connectivity index (χ4n) is 3.68. The van der Waals surface area contributed by atoms with Crippen LogP contribution in [0.2, 0.25) is 0 Å². The molecule has 1 aliphatic carbocycles. The third kappa shape index (κ3) is 3.54. The number of rotatable bonds is 6. The van der Waals surface area contributed by atoms with Gasteiger partial charge in [-0.15, -0.1) is 0 Å². The fraction of sp³-hybridized carbons (Fsp3) is 0.261. The van der Waals surface area contributed by atoms with Crippen LogP contribution in [0.3, 0.4) is 0 Å². The molecule has 4 aromatic heterocycles. The molecule has 30 heavy (non-hydrogen) atoms. The Morgan fingerprint density at radius 1 is 1.20 bits per heavy atom. The van der Waals surface area contributed by atoms with Gasteiger partial charge >= 0.3 is 0 Å². The molecule has 5 rings (SSSR count). The molecule has 7 heteroatoms. The zero-order chi connectivity index (χ0) is 20.5. The number of nitrogens with one attached hydrogen (secondary N) is 1. The largest absolute Gasteiger partial charge is 0.352 e. The van der Waals surface area contributed by atoms with Crippen molar-refractivity contribution in [3.8, 4) is 5.82 Å². The van der Waals surface area contributed by atoms with Crippen molar-refractivity contribution in [3.63, 3.8) is 0 Å². The van der Waals surface area contributed by atoms with E-state index in [2.05, 4.69) is 20.4 Å². The second kappa shape index (κ2) is 7.67. The Labute approximate surface area is 174 Å². The Morgan fingerprint density at radius 3 is 2.83 bits per heavy atom. The third-order valence-electron chi connectivity index (χ3n) is 5.36. The number of amides is 1. The van der Waals surface area contributed by atoms with Crippen LogP contribution in [0.4, 0.5) is 0 Å². The van der Waals surface area contributed by atoms with Gasteiger partial charge in [-0.2, -0.15) is 9.78 Å². The molecule has 0 aromatic carbocycles. The van der Waals surface area contributed by atoms with Crippen LogP contribution in [0.15, 0.2) is 55.0 Å². The van der Waals surface area contributed by atoms with E-state index in [1.165, 1.54) is 0 Å². The molecule has 0 aliphatic heterocycles. The lowest BCUT2D eigenvalue weighted by Crippen LogP contribution is -2.26. The lowest BCUT2D eigenvalue weighted by Gasteiger charge is -2.09. The molecule has 7 nitrogen and oxygen atoms in total. The van der Waals surface area contributed by atoms with Crippen LogP contribution in [0.1, 0.15) is 46.1 Å². The Morgan fingerprint density at radius 2 is 2.10 bits per heavy atom. The zero-order valence-electron chi connectivity index (χ0n) is 16.7. The molecule has 4 aromatic rings. The second-order valence-electron chi connectivity index (χ2n) is 7.62. The first kappa shape index (κ1) is 18.4. The standard InChI is InChI=1S/C23H22N6O/c1-15-21-18(23(30)26-12-9-16-5-4-10-24-14-16)13-19(17-7-8-17)27-22(21)29(28-15)20-6-2-3-11-25-20/h2-6,10-11,13-14,17H,7-9,12H2,1H3,(H,26,30). The Balaban J connectivity index is 1.50. The van der Waals surface area contributed by atoms with Crippen molar-refractivity contribution in [1.82, 2.24) is 30.0 Å². The molecule has 0 atom stereocenters. The molecule has 0 bridgehead atoms. The molecule has 1 amide bonds. The molecule has 0 saturated heterocycles. The number of aryl methyl sites for hydroxylation is 1. The van der Waals surface area contributed by atoms with Crippen molar-refractivity contribution >= 4 is 16.9 Å². The normalized spacial score (nSPS) is 13.5. The van der Waals surface area contributed by atoms with Gasteiger partial charge in [-0.25, -0.2) is 9.97 Å². The highest BCUT2D eigenvalue weighted by Crippen LogP contribution is 2.40. The summed E-state index contributed by atoms with van der Waals surface area (Å²) in [5.41, 5.74) is 4.14. The van der Waals surface area contributed by atoms with E-state index in [0.29, 0.717) is 29.5 Å². The monoisotopic (exact) mass is 398 g/mol. The SMILES string of the molecule is Cc1nn(-c2ccccn2)c2nc(C3CC3)cc(C(=O)NCCc3cccnc3)c12. The van der Waals surface area contributed by atoms with Crippen molar-refractivity contribution in [3.05, 3.63) is 77.5 Å². The van der Waals surface area contributed by atoms with E-state index in [0.717, 1.165) is 41.6 Å². The second-order valence-corrected chi connectivity index (χ2v) is 7.62. The van der Waals surface area contributed by atoms with E-state index in [4.69, 9.17) is 4.98 Å². The summed E-state index contributed by atoms with van der Waals surface area (Å²) in [5.74, 6) is 1.01. The summed E-state index contributed by atoms with van der Waals surface area (Å²) in [5, 5.41) is 8.49. The number of hydrogen-bond acceptors (Lipinski definition) is 5. The summed E-state index contributed by atoms with van der Waals surface area (Å²) >= 11 is 0. The highest BCUT2D eigenvalue weighted by Gasteiger charge is 2.29. The topological polar surface area (TPSA) is 85.6 Å². The van der Waals surface area contributed by atoms with Gasteiger partial charge in [-0.3, -0.25) is 9.78 Å². The van der Waals surface area contributed by atoms with Crippen LogP contribution >= 0.6 is 0 Å². The van der Waals surface area contributed by atoms with Crippen LogP contribution in [0, 0.1) is 6.92 Å². The number of pyridine rings is 3. The molecule has 0 unspecified atom stereocenters. The maximum Gasteiger partial charge on any atom is 0.252 e. The predicted molar refractivity (Wildman–Crippen MR) is 114 cm³/mol. The van der Waals surface area contributed by atoms with E-state index in [1.807, 2.05) is 49.5 Å². The summed E-state index contributed by atoms with van der Waals surface area (Å²) in [7, 11) is 0. The summed E-state index contributed by atoms with van der Waals surface area (Å²) in [6, 6.07) is 11.5. The van der Waals surface area contributed by atoms with E-state index >= 15 is 0 Å². The van der Waals surface area contributed by atoms with Crippen molar-refractivity contribution in [2.45, 2.75) is 32.1 Å². The molecular formula is C23H22N6O. The van der Waals surface area contributed by atoms with E-state index < -0.39 is 0 Å². The molecule has 0 radical (unpaired) electrons. The smallest absolute Gasteiger partial charge is 0.252 e. The number of carbonyl (C=O) groups excluding carboxylic acids is 1. The molecule has 1 aliphatic rings. The molecule has 0 spiro atoms. The first-order valence-electron chi connectivity index (χ1n) is 10.2. The van der Waals surface area contributed by atoms with Crippen molar-refractivity contribution in [2.24, 2.45) is 0 Å². The number of carbonyl (C=O) groups is 1. The van der Waals surface area contributed by atoms with E-state index in [9.17, 15) is 4.79 Å². The van der Waals surface area contributed by atoms with Gasteiger partial charge in [0.15, 0.2) is 11.5 Å². The van der Waals surface area contributed by atoms with Gasteiger partial charge in [0.1, 0.15) is 0 Å². The first-order valence-corrected chi connectivity index (χ1v) is 10.2. The van der Waals surface area contributed by atoms with Crippen molar-refractivity contribution in [1.29, 1.82) is 0 Å². The third-order valence-corrected chi connectivity index (χ3v) is 5.36. The molecular weight excluding hydrogens is 376 g/mol. The first-order chi connectivity index (χ1) is 14.7. The predicted octanol–water partition coefficient (Wildman–Crippen LogP) is 3.37. The molecule has 1 saturated carbocycles. The van der Waals surface area contributed by atoms with Gasteiger partial charge in [0.2, 0.25) is 0 Å². The lowest BCUT2D eigenvalue weighted by molar-refractivity contribution is 0.0955. The highest BCUT2D eigenvalue weighted by molar-refractivity contribution is 6.06. The summed E-state index contributed by atoms with van der Waals surface area (Å²) in [6.45, 7) is 2.45. The number of aromatic nitrogens is 5. The maximum absolute atomic E-state index is 13.1. The summed E-state index contributed by atoms with van der Waals surface area (Å²) in [4.78, 5) is 26.6. The fourth-order valence-corrected chi connectivity index (χ4v) is 3.68. The number of fused-ring (bicyclic) bond motifs is 1. The van der Waals surface area contributed by atoms with Crippen LogP contribution in [-0.4, -0.2) is 37.2 Å². The minimum absolute atomic E-state index is 0.100. The molecule has 1 fully saturated rings. The van der Waals surface area contributed by atoms with Crippen molar-refractivity contribution in [2.75, 3.05) is 6.54 Å². The summed E-state index contributed by atoms with van der Waals surface area (Å²) in [6.07, 6.45) is 8.25. The van der Waals surface area contributed by atoms with Gasteiger partial charge < -0.3 is 5.32 Å². The van der Waals surface area contributed by atoms with Gasteiger partial charge in [0, 0.05) is 36.7 Å². The van der Waals surface area contributed by atoms with Crippen LogP contribution in [-0.2, 0) is 6.42 Å². The number of hydrogen-bond donors (Lipinski definition) is 1. The minimum Gasteiger partial charge on any atom is -0.352 e. The lowest BCUT2D eigenvalue weighted by atomic mass is 10.1. The maximum atomic E-state index is 13.1. The van der Waals surface area contributed by atoms with Crippen LogP contribution in [0.25, 0.3) is 16.9 Å². The van der Waals surface area contributed by atoms with Crippen LogP contribution < -0.4 is 5.32 Å². The van der Waals surface area contributed by atoms with Gasteiger partial charge in [0.25, 0.3) is 5.91 Å². The van der Waals surface area contributed by atoms with Gasteiger partial charge in [-0.1, -0.05) is 12.1 Å². The quantitative estimate of drug-likeness (QED) is 0.538. The van der Waals surface area contributed by atoms with Crippen molar-refractivity contribution < 1.29 is 4.79 Å². The molecule has 1 N–H and O–H groups in total. The zero-order valence-corrected chi connectivity index (χ0v) is 16.7. The Bertz CT molecular complexity index is 1200. The van der Waals surface area contributed by atoms with E-state index in [1.54, 1.807) is 17.1 Å². The van der Waals surface area contributed by atoms with E-state index in [-0.39, 0.29) is 5.91 Å². The van der Waals surface area contributed by atoms with Gasteiger partial charge in [0.05, 0.1) is 16.6 Å².